The SMILES string of the molecule is CCCCCC(CCC1CCC2Cc3c(cccc3OCC(=O)O)CC12)OC(=O)NC(C)(C)C(=O)NCCNCC(C)(C)CSS. The number of carbonyl (C=O) groups is 3. The maximum Gasteiger partial charge on any atom is 0.408 e. The smallest absolute Gasteiger partial charge is 0.408 e. The van der Waals surface area contributed by atoms with Crippen LogP contribution in [0.1, 0.15) is 97.1 Å². The normalized spacial score (nSPS) is 19.9. The van der Waals surface area contributed by atoms with Crippen LogP contribution in [0.4, 0.5) is 4.79 Å². The van der Waals surface area contributed by atoms with Crippen LogP contribution in [0.3, 0.4) is 0 Å². The van der Waals surface area contributed by atoms with Crippen molar-refractivity contribution in [2.24, 2.45) is 23.2 Å². The Kier molecular flexibility index (Phi) is 15.4. The molecule has 0 saturated heterocycles. The molecule has 9 nitrogen and oxygen atoms in total. The Hall–Kier alpha value is -2.11. The van der Waals surface area contributed by atoms with Gasteiger partial charge in [0, 0.05) is 25.4 Å². The van der Waals surface area contributed by atoms with E-state index < -0.39 is 17.6 Å². The number of rotatable bonds is 20. The van der Waals surface area contributed by atoms with Gasteiger partial charge in [-0.3, -0.25) is 4.79 Å². The van der Waals surface area contributed by atoms with Crippen LogP contribution in [0.25, 0.3) is 0 Å². The number of amides is 2. The highest BCUT2D eigenvalue weighted by Gasteiger charge is 2.40. The van der Waals surface area contributed by atoms with E-state index in [1.54, 1.807) is 13.8 Å². The molecule has 1 aromatic rings. The summed E-state index contributed by atoms with van der Waals surface area (Å²) >= 11 is 4.25. The average molecular weight is 680 g/mol. The summed E-state index contributed by atoms with van der Waals surface area (Å²) in [5, 5.41) is 18.2. The standard InChI is InChI=1S/C35H57N3O6S2/c1-6-7-8-11-27(44-33(42)38-35(4,5)32(41)37-18-17-36-22-34(2,3)23-46-45)16-15-24-13-14-26-20-29-25(19-28(24)26)10-9-12-30(29)43-21-31(39)40/h9-10,12,24,26-28,36,45H,6-8,11,13-23H2,1-5H3,(H,37,41)(H,38,42)(H,39,40). The van der Waals surface area contributed by atoms with E-state index in [9.17, 15) is 14.4 Å². The molecule has 0 spiro atoms. The van der Waals surface area contributed by atoms with Crippen LogP contribution >= 0.6 is 22.5 Å². The van der Waals surface area contributed by atoms with Gasteiger partial charge in [-0.15, -0.1) is 11.7 Å². The lowest BCUT2D eigenvalue weighted by atomic mass is 9.73. The van der Waals surface area contributed by atoms with Crippen molar-refractivity contribution in [2.75, 3.05) is 32.0 Å². The fourth-order valence-electron chi connectivity index (χ4n) is 6.93. The Morgan fingerprint density at radius 1 is 1.09 bits per heavy atom. The lowest BCUT2D eigenvalue weighted by Crippen LogP contribution is -2.56. The van der Waals surface area contributed by atoms with Gasteiger partial charge in [0.25, 0.3) is 0 Å². The molecule has 0 aliphatic heterocycles. The molecular formula is C35H57N3O6S2. The van der Waals surface area contributed by atoms with Crippen molar-refractivity contribution >= 4 is 40.4 Å². The number of alkyl carbamates (subject to hydrolysis) is 1. The molecule has 1 fully saturated rings. The molecule has 11 heteroatoms. The summed E-state index contributed by atoms with van der Waals surface area (Å²) in [4.78, 5) is 37.0. The molecule has 4 N–H and O–H groups in total. The third kappa shape index (κ3) is 12.2. The van der Waals surface area contributed by atoms with Gasteiger partial charge in [0.05, 0.1) is 0 Å². The number of fused-ring (bicyclic) bond motifs is 2. The van der Waals surface area contributed by atoms with Crippen LogP contribution in [-0.2, 0) is 27.2 Å². The first-order valence-corrected chi connectivity index (χ1v) is 19.1. The van der Waals surface area contributed by atoms with E-state index in [0.29, 0.717) is 36.6 Å². The van der Waals surface area contributed by atoms with E-state index in [0.717, 1.165) is 76.5 Å². The molecule has 260 valence electrons. The molecule has 1 aromatic carbocycles. The summed E-state index contributed by atoms with van der Waals surface area (Å²) in [5.41, 5.74) is 1.44. The van der Waals surface area contributed by atoms with Crippen LogP contribution in [-0.4, -0.2) is 66.7 Å². The predicted octanol–water partition coefficient (Wildman–Crippen LogP) is 6.43. The Balaban J connectivity index is 1.50. The van der Waals surface area contributed by atoms with Crippen molar-refractivity contribution in [1.82, 2.24) is 16.0 Å². The van der Waals surface area contributed by atoms with Crippen molar-refractivity contribution in [2.45, 2.75) is 110 Å². The second-order valence-corrected chi connectivity index (χ2v) is 15.8. The van der Waals surface area contributed by atoms with Gasteiger partial charge in [0.1, 0.15) is 17.4 Å². The molecule has 0 aromatic heterocycles. The molecule has 0 radical (unpaired) electrons. The van der Waals surface area contributed by atoms with Crippen molar-refractivity contribution in [3.63, 3.8) is 0 Å². The predicted molar refractivity (Wildman–Crippen MR) is 189 cm³/mol. The van der Waals surface area contributed by atoms with Gasteiger partial charge in [0.2, 0.25) is 5.91 Å². The Labute approximate surface area is 285 Å². The molecule has 4 unspecified atom stereocenters. The zero-order valence-electron chi connectivity index (χ0n) is 28.5. The topological polar surface area (TPSA) is 126 Å². The summed E-state index contributed by atoms with van der Waals surface area (Å²) < 4.78 is 11.6. The molecule has 1 saturated carbocycles. The number of thiol groups is 1. The lowest BCUT2D eigenvalue weighted by molar-refractivity contribution is -0.139. The largest absolute Gasteiger partial charge is 0.482 e. The zero-order valence-corrected chi connectivity index (χ0v) is 30.2. The number of aliphatic carboxylic acids is 1. The minimum absolute atomic E-state index is 0.111. The van der Waals surface area contributed by atoms with Gasteiger partial charge in [-0.05, 0) is 106 Å². The van der Waals surface area contributed by atoms with Crippen LogP contribution in [0.5, 0.6) is 5.75 Å². The van der Waals surface area contributed by atoms with Crippen molar-refractivity contribution < 1.29 is 29.0 Å². The minimum Gasteiger partial charge on any atom is -0.482 e. The Bertz CT molecular complexity index is 1150. The quantitative estimate of drug-likeness (QED) is 0.0606. The van der Waals surface area contributed by atoms with Gasteiger partial charge in [0.15, 0.2) is 6.61 Å². The Morgan fingerprint density at radius 3 is 2.59 bits per heavy atom. The number of benzene rings is 1. The first-order chi connectivity index (χ1) is 21.8. The molecular weight excluding hydrogens is 623 g/mol. The number of carboxylic acid groups (broad SMARTS) is 1. The summed E-state index contributed by atoms with van der Waals surface area (Å²) in [6.45, 7) is 11.5. The summed E-state index contributed by atoms with van der Waals surface area (Å²) in [7, 11) is 1.52. The molecule has 0 bridgehead atoms. The molecule has 2 aliphatic carbocycles. The number of hydrogen-bond acceptors (Lipinski definition) is 8. The fourth-order valence-corrected chi connectivity index (χ4v) is 8.43. The fraction of sp³-hybridized carbons (Fsp3) is 0.743. The number of unbranched alkanes of at least 4 members (excludes halogenated alkanes) is 2. The first-order valence-electron chi connectivity index (χ1n) is 17.0. The number of ether oxygens (including phenoxy) is 2. The summed E-state index contributed by atoms with van der Waals surface area (Å²) in [6.07, 6.45) is 9.25. The third-order valence-electron chi connectivity index (χ3n) is 9.51. The highest BCUT2D eigenvalue weighted by Crippen LogP contribution is 2.48. The summed E-state index contributed by atoms with van der Waals surface area (Å²) in [6, 6.07) is 5.99. The second-order valence-electron chi connectivity index (χ2n) is 14.5. The maximum absolute atomic E-state index is 13.1. The zero-order chi connectivity index (χ0) is 33.7. The van der Waals surface area contributed by atoms with Gasteiger partial charge in [-0.25, -0.2) is 9.59 Å². The van der Waals surface area contributed by atoms with Crippen LogP contribution < -0.4 is 20.7 Å². The number of carboxylic acids is 1. The van der Waals surface area contributed by atoms with Crippen molar-refractivity contribution in [3.05, 3.63) is 29.3 Å². The Morgan fingerprint density at radius 2 is 1.87 bits per heavy atom. The molecule has 2 amide bonds. The molecule has 4 atom stereocenters. The van der Waals surface area contributed by atoms with Gasteiger partial charge in [-0.2, -0.15) is 0 Å². The molecule has 0 heterocycles. The van der Waals surface area contributed by atoms with Crippen LogP contribution in [0, 0.1) is 23.2 Å². The molecule has 2 aliphatic rings. The minimum atomic E-state index is -1.10. The molecule has 3 rings (SSSR count). The van der Waals surface area contributed by atoms with Gasteiger partial charge >= 0.3 is 12.1 Å². The first kappa shape index (κ1) is 38.3. The lowest BCUT2D eigenvalue weighted by Gasteiger charge is -2.33. The van der Waals surface area contributed by atoms with Gasteiger partial charge < -0.3 is 30.5 Å². The monoisotopic (exact) mass is 679 g/mol. The number of nitrogens with one attached hydrogen (secondary N) is 3. The second kappa shape index (κ2) is 18.4. The summed E-state index contributed by atoms with van der Waals surface area (Å²) in [5.74, 6) is 2.10. The van der Waals surface area contributed by atoms with E-state index in [1.165, 1.54) is 21.9 Å². The van der Waals surface area contributed by atoms with E-state index in [-0.39, 0.29) is 24.0 Å². The van der Waals surface area contributed by atoms with Crippen LogP contribution in [0.15, 0.2) is 18.2 Å². The van der Waals surface area contributed by atoms with Crippen LogP contribution in [0.2, 0.25) is 0 Å². The van der Waals surface area contributed by atoms with Gasteiger partial charge in [-0.1, -0.05) is 56.5 Å². The highest BCUT2D eigenvalue weighted by atomic mass is 33.1. The van der Waals surface area contributed by atoms with E-state index in [2.05, 4.69) is 54.4 Å². The highest BCUT2D eigenvalue weighted by molar-refractivity contribution is 8.68. The van der Waals surface area contributed by atoms with Crippen molar-refractivity contribution in [1.29, 1.82) is 0 Å². The molecule has 46 heavy (non-hydrogen) atoms. The van der Waals surface area contributed by atoms with E-state index in [4.69, 9.17) is 14.6 Å². The number of hydrogen-bond donors (Lipinski definition) is 5. The third-order valence-corrected chi connectivity index (χ3v) is 10.8. The van der Waals surface area contributed by atoms with E-state index >= 15 is 0 Å². The number of carbonyl (C=O) groups excluding carboxylic acids is 2. The van der Waals surface area contributed by atoms with Crippen molar-refractivity contribution in [3.8, 4) is 5.75 Å². The maximum atomic E-state index is 13.1. The average Bonchev–Trinajstić information content (AvgIpc) is 3.38. The van der Waals surface area contributed by atoms with E-state index in [1.807, 2.05) is 12.1 Å².